The Kier molecular flexibility index (Phi) is 5.03. The van der Waals surface area contributed by atoms with Crippen molar-refractivity contribution in [2.24, 2.45) is 7.05 Å². The fraction of sp³-hybridized carbons (Fsp3) is 0.700. The van der Waals surface area contributed by atoms with Crippen molar-refractivity contribution in [3.05, 3.63) is 15.9 Å². The van der Waals surface area contributed by atoms with Crippen LogP contribution in [0.2, 0.25) is 0 Å². The molecule has 0 fully saturated rings. The van der Waals surface area contributed by atoms with Crippen LogP contribution in [0.15, 0.2) is 4.47 Å². The molecule has 1 N–H and O–H groups in total. The van der Waals surface area contributed by atoms with Crippen molar-refractivity contribution in [2.45, 2.75) is 25.9 Å². The van der Waals surface area contributed by atoms with Gasteiger partial charge in [-0.25, -0.2) is 8.78 Å². The first-order valence-electron chi connectivity index (χ1n) is 5.12. The number of hydrogen-bond acceptors (Lipinski definition) is 3. The summed E-state index contributed by atoms with van der Waals surface area (Å²) in [6, 6.07) is 0. The number of nitrogens with zero attached hydrogens (tertiary/aromatic N) is 2. The molecule has 0 aromatic carbocycles. The van der Waals surface area contributed by atoms with Crippen LogP contribution in [0.5, 0.6) is 0 Å². The Hall–Kier alpha value is -0.530. The first kappa shape index (κ1) is 14.5. The van der Waals surface area contributed by atoms with Crippen LogP contribution >= 0.6 is 15.9 Å². The van der Waals surface area contributed by atoms with E-state index in [1.807, 2.05) is 6.92 Å². The highest BCUT2D eigenvalue weighted by molar-refractivity contribution is 9.10. The SMILES string of the molecule is Cc1c(Br)c(COCCC(F)(F)CO)nn1C. The number of aromatic nitrogens is 2. The predicted octanol–water partition coefficient (Wildman–Crippen LogP) is 2.03. The minimum Gasteiger partial charge on any atom is -0.390 e. The van der Waals surface area contributed by atoms with E-state index >= 15 is 0 Å². The van der Waals surface area contributed by atoms with E-state index in [0.717, 1.165) is 10.2 Å². The molecule has 17 heavy (non-hydrogen) atoms. The maximum Gasteiger partial charge on any atom is 0.272 e. The lowest BCUT2D eigenvalue weighted by Crippen LogP contribution is -2.23. The van der Waals surface area contributed by atoms with Crippen LogP contribution in [0.1, 0.15) is 17.8 Å². The lowest BCUT2D eigenvalue weighted by Gasteiger charge is -2.12. The molecule has 98 valence electrons. The van der Waals surface area contributed by atoms with Crippen LogP contribution in [0.25, 0.3) is 0 Å². The third-order valence-corrected chi connectivity index (χ3v) is 3.44. The Morgan fingerprint density at radius 2 is 2.18 bits per heavy atom. The molecule has 0 spiro atoms. The Morgan fingerprint density at radius 1 is 1.53 bits per heavy atom. The van der Waals surface area contributed by atoms with Gasteiger partial charge < -0.3 is 9.84 Å². The molecule has 0 aliphatic carbocycles. The zero-order valence-corrected chi connectivity index (χ0v) is 11.3. The van der Waals surface area contributed by atoms with Crippen molar-refractivity contribution in [3.63, 3.8) is 0 Å². The van der Waals surface area contributed by atoms with Crippen LogP contribution < -0.4 is 0 Å². The smallest absolute Gasteiger partial charge is 0.272 e. The molecule has 4 nitrogen and oxygen atoms in total. The van der Waals surface area contributed by atoms with E-state index in [-0.39, 0.29) is 13.2 Å². The molecule has 0 aliphatic heterocycles. The van der Waals surface area contributed by atoms with Crippen molar-refractivity contribution < 1.29 is 18.6 Å². The highest BCUT2D eigenvalue weighted by atomic mass is 79.9. The highest BCUT2D eigenvalue weighted by Gasteiger charge is 2.27. The summed E-state index contributed by atoms with van der Waals surface area (Å²) in [6.07, 6.45) is -0.493. The standard InChI is InChI=1S/C10H15BrF2N2O2/c1-7-9(11)8(14-15(7)2)5-17-4-3-10(12,13)6-16/h16H,3-6H2,1-2H3. The molecule has 0 radical (unpaired) electrons. The summed E-state index contributed by atoms with van der Waals surface area (Å²) in [4.78, 5) is 0. The number of aryl methyl sites for hydroxylation is 1. The molecule has 0 atom stereocenters. The van der Waals surface area contributed by atoms with Gasteiger partial charge in [0.25, 0.3) is 5.92 Å². The molecule has 0 saturated carbocycles. The second-order valence-corrected chi connectivity index (χ2v) is 4.58. The molecular formula is C10H15BrF2N2O2. The normalized spacial score (nSPS) is 12.1. The first-order chi connectivity index (χ1) is 7.87. The topological polar surface area (TPSA) is 47.3 Å². The molecule has 1 aromatic rings. The molecule has 0 aliphatic rings. The number of halogens is 3. The Bertz CT molecular complexity index is 383. The van der Waals surface area contributed by atoms with Gasteiger partial charge in [-0.2, -0.15) is 5.10 Å². The highest BCUT2D eigenvalue weighted by Crippen LogP contribution is 2.21. The second-order valence-electron chi connectivity index (χ2n) is 3.79. The van der Waals surface area contributed by atoms with E-state index in [9.17, 15) is 8.78 Å². The molecule has 1 aromatic heterocycles. The van der Waals surface area contributed by atoms with Gasteiger partial charge in [0.1, 0.15) is 12.3 Å². The first-order valence-corrected chi connectivity index (χ1v) is 5.91. The lowest BCUT2D eigenvalue weighted by atomic mass is 10.3. The molecule has 0 bridgehead atoms. The van der Waals surface area contributed by atoms with Gasteiger partial charge >= 0.3 is 0 Å². The maximum absolute atomic E-state index is 12.7. The Morgan fingerprint density at radius 3 is 2.65 bits per heavy atom. The van der Waals surface area contributed by atoms with Gasteiger partial charge in [0.05, 0.1) is 17.7 Å². The van der Waals surface area contributed by atoms with Gasteiger partial charge in [-0.05, 0) is 22.9 Å². The van der Waals surface area contributed by atoms with Gasteiger partial charge in [0.2, 0.25) is 0 Å². The van der Waals surface area contributed by atoms with E-state index in [1.54, 1.807) is 11.7 Å². The van der Waals surface area contributed by atoms with Crippen molar-refractivity contribution in [3.8, 4) is 0 Å². The summed E-state index contributed by atoms with van der Waals surface area (Å²) >= 11 is 3.35. The lowest BCUT2D eigenvalue weighted by molar-refractivity contribution is -0.0740. The monoisotopic (exact) mass is 312 g/mol. The van der Waals surface area contributed by atoms with E-state index in [4.69, 9.17) is 9.84 Å². The fourth-order valence-electron chi connectivity index (χ4n) is 1.21. The molecule has 7 heteroatoms. The van der Waals surface area contributed by atoms with Crippen LogP contribution in [0.4, 0.5) is 8.78 Å². The van der Waals surface area contributed by atoms with E-state index < -0.39 is 19.0 Å². The molecule has 1 heterocycles. The number of aliphatic hydroxyl groups excluding tert-OH is 1. The van der Waals surface area contributed by atoms with Gasteiger partial charge in [0.15, 0.2) is 0 Å². The molecule has 0 unspecified atom stereocenters. The van der Waals surface area contributed by atoms with Crippen molar-refractivity contribution >= 4 is 15.9 Å². The average Bonchev–Trinajstić information content (AvgIpc) is 2.52. The molecule has 1 rings (SSSR count). The van der Waals surface area contributed by atoms with Crippen LogP contribution in [0.3, 0.4) is 0 Å². The van der Waals surface area contributed by atoms with E-state index in [1.165, 1.54) is 0 Å². The minimum absolute atomic E-state index is 0.115. The van der Waals surface area contributed by atoms with Crippen LogP contribution in [-0.2, 0) is 18.4 Å². The number of ether oxygens (including phenoxy) is 1. The maximum atomic E-state index is 12.7. The van der Waals surface area contributed by atoms with Crippen molar-refractivity contribution in [2.75, 3.05) is 13.2 Å². The average molecular weight is 313 g/mol. The number of aliphatic hydroxyl groups is 1. The summed E-state index contributed by atoms with van der Waals surface area (Å²) in [5.74, 6) is -3.07. The number of hydrogen-bond donors (Lipinski definition) is 1. The second kappa shape index (κ2) is 5.88. The van der Waals surface area contributed by atoms with Gasteiger partial charge in [-0.3, -0.25) is 4.68 Å². The molecule has 0 saturated heterocycles. The Balaban J connectivity index is 2.39. The Labute approximate surface area is 107 Å². The third-order valence-electron chi connectivity index (χ3n) is 2.41. The van der Waals surface area contributed by atoms with Crippen LogP contribution in [-0.4, -0.2) is 34.0 Å². The summed E-state index contributed by atoms with van der Waals surface area (Å²) in [6.45, 7) is 0.794. The largest absolute Gasteiger partial charge is 0.390 e. The quantitative estimate of drug-likeness (QED) is 0.818. The zero-order valence-electron chi connectivity index (χ0n) is 9.71. The summed E-state index contributed by atoms with van der Waals surface area (Å²) < 4.78 is 33.0. The van der Waals surface area contributed by atoms with Crippen molar-refractivity contribution in [1.29, 1.82) is 0 Å². The summed E-state index contributed by atoms with van der Waals surface area (Å²) in [5.41, 5.74) is 1.63. The summed E-state index contributed by atoms with van der Waals surface area (Å²) in [7, 11) is 1.80. The number of alkyl halides is 2. The minimum atomic E-state index is -3.07. The van der Waals surface area contributed by atoms with Crippen LogP contribution in [0, 0.1) is 6.92 Å². The fourth-order valence-corrected chi connectivity index (χ4v) is 1.66. The van der Waals surface area contributed by atoms with Gasteiger partial charge in [-0.1, -0.05) is 0 Å². The molecule has 0 amide bonds. The predicted molar refractivity (Wildman–Crippen MR) is 62.0 cm³/mol. The van der Waals surface area contributed by atoms with E-state index in [0.29, 0.717) is 5.69 Å². The third kappa shape index (κ3) is 4.01. The van der Waals surface area contributed by atoms with Crippen molar-refractivity contribution in [1.82, 2.24) is 9.78 Å². The van der Waals surface area contributed by atoms with E-state index in [2.05, 4.69) is 21.0 Å². The number of rotatable bonds is 6. The van der Waals surface area contributed by atoms with Gasteiger partial charge in [0, 0.05) is 19.2 Å². The zero-order chi connectivity index (χ0) is 13.1. The van der Waals surface area contributed by atoms with Gasteiger partial charge in [-0.15, -0.1) is 0 Å². The summed E-state index contributed by atoms with van der Waals surface area (Å²) in [5, 5.41) is 12.5. The molecular weight excluding hydrogens is 298 g/mol.